The van der Waals surface area contributed by atoms with E-state index in [0.717, 1.165) is 56.2 Å². The van der Waals surface area contributed by atoms with Gasteiger partial charge in [0.2, 0.25) is 0 Å². The average Bonchev–Trinajstić information content (AvgIpc) is 4.08. The maximum absolute atomic E-state index is 8.68. The first kappa shape index (κ1) is 51.4. The Balaban J connectivity index is 0.000000400. The van der Waals surface area contributed by atoms with Gasteiger partial charge in [-0.3, -0.25) is 19.9 Å². The molecule has 0 fully saturated rings. The van der Waals surface area contributed by atoms with E-state index in [9.17, 15) is 0 Å². The van der Waals surface area contributed by atoms with Crippen molar-refractivity contribution in [2.45, 2.75) is 125 Å². The van der Waals surface area contributed by atoms with Crippen LogP contribution in [0, 0.1) is 19.0 Å². The third-order valence-corrected chi connectivity index (χ3v) is 14.5. The van der Waals surface area contributed by atoms with E-state index in [4.69, 9.17) is 18.5 Å². The van der Waals surface area contributed by atoms with Crippen LogP contribution in [0.1, 0.15) is 139 Å². The fraction of sp³-hybridized carbons (Fsp3) is 0.268. The number of para-hydroxylation sites is 2. The molecule has 7 heteroatoms. The number of benzene rings is 7. The third-order valence-electron chi connectivity index (χ3n) is 14.5. The molecule has 4 aromatic heterocycles. The fourth-order valence-corrected chi connectivity index (χ4v) is 10.0. The van der Waals surface area contributed by atoms with Crippen molar-refractivity contribution in [1.82, 2.24) is 24.5 Å². The van der Waals surface area contributed by atoms with Crippen LogP contribution < -0.4 is 0 Å². The zero-order chi connectivity index (χ0) is 57.1. The molecule has 0 aliphatic rings. The standard InChI is InChI=1S/C57H56N3O.C14H15N2.Ir/c1-34(2)45-29-40(39-24-22-38(23-25-39)37-17-13-12-14-18-37)30-46(35(3)4)53(45)60-50-20-16-15-19-48(50)59-55(60)44-26-21-36(5)52-47-33-58-49(32-51(47)61-54(44)52)41-27-42(56(6,7)8)31-43(28-41)57(9,10)11;1-14(2,3)12-9-10-15-13(16-12)11-7-5-4-6-8-11;/h12-25,27-35H,1-11H3;4-7,9-10H,1-3H3;/q2*-1;/i5D3;;. The van der Waals surface area contributed by atoms with Crippen molar-refractivity contribution in [1.29, 1.82) is 0 Å². The first-order chi connectivity index (χ1) is 37.8. The summed E-state index contributed by atoms with van der Waals surface area (Å²) < 4.78 is 35.2. The van der Waals surface area contributed by atoms with Gasteiger partial charge in [-0.25, -0.2) is 0 Å². The van der Waals surface area contributed by atoms with Crippen LogP contribution in [0.5, 0.6) is 0 Å². The van der Waals surface area contributed by atoms with E-state index in [1.807, 2.05) is 66.9 Å². The zero-order valence-electron chi connectivity index (χ0n) is 50.2. The molecule has 7 aromatic carbocycles. The second-order valence-electron chi connectivity index (χ2n) is 24.1. The van der Waals surface area contributed by atoms with Gasteiger partial charge in [0.1, 0.15) is 5.58 Å². The normalized spacial score (nSPS) is 12.8. The minimum atomic E-state index is -2.43. The van der Waals surface area contributed by atoms with Crippen molar-refractivity contribution < 1.29 is 28.6 Å². The Labute approximate surface area is 480 Å². The topological polar surface area (TPSA) is 69.6 Å². The van der Waals surface area contributed by atoms with Crippen LogP contribution in [0.2, 0.25) is 0 Å². The van der Waals surface area contributed by atoms with Gasteiger partial charge in [0.05, 0.1) is 34.0 Å². The molecule has 1 radical (unpaired) electrons. The van der Waals surface area contributed by atoms with Gasteiger partial charge in [-0.15, -0.1) is 53.6 Å². The molecule has 0 bridgehead atoms. The quantitative estimate of drug-likeness (QED) is 0.142. The fourth-order valence-electron chi connectivity index (χ4n) is 10.0. The number of pyridine rings is 1. The Morgan fingerprint density at radius 3 is 1.81 bits per heavy atom. The van der Waals surface area contributed by atoms with E-state index < -0.39 is 6.85 Å². The van der Waals surface area contributed by atoms with Crippen LogP contribution in [0.3, 0.4) is 0 Å². The molecule has 0 spiro atoms. The minimum absolute atomic E-state index is 0. The Kier molecular flexibility index (Phi) is 14.4. The summed E-state index contributed by atoms with van der Waals surface area (Å²) in [6, 6.07) is 58.7. The molecule has 0 N–H and O–H groups in total. The summed E-state index contributed by atoms with van der Waals surface area (Å²) >= 11 is 0. The molecule has 11 aromatic rings. The second kappa shape index (κ2) is 21.8. The number of hydrogen-bond acceptors (Lipinski definition) is 5. The van der Waals surface area contributed by atoms with E-state index in [0.29, 0.717) is 33.3 Å². The molecule has 0 atom stereocenters. The molecule has 6 nitrogen and oxygen atoms in total. The van der Waals surface area contributed by atoms with Gasteiger partial charge in [-0.05, 0) is 110 Å². The molecular formula is C71H71IrN5O-2. The van der Waals surface area contributed by atoms with Crippen LogP contribution in [0.4, 0.5) is 0 Å². The molecule has 0 unspecified atom stereocenters. The van der Waals surface area contributed by atoms with Crippen LogP contribution in [0.15, 0.2) is 168 Å². The number of aromatic nitrogens is 5. The molecule has 0 saturated heterocycles. The number of nitrogens with zero attached hydrogens (tertiary/aromatic N) is 5. The van der Waals surface area contributed by atoms with Crippen molar-refractivity contribution in [3.63, 3.8) is 0 Å². The van der Waals surface area contributed by atoms with Gasteiger partial charge in [0.15, 0.2) is 0 Å². The second-order valence-corrected chi connectivity index (χ2v) is 24.1. The predicted molar refractivity (Wildman–Crippen MR) is 322 cm³/mol. The molecule has 11 rings (SSSR count). The largest absolute Gasteiger partial charge is 0.500 e. The first-order valence-corrected chi connectivity index (χ1v) is 26.9. The van der Waals surface area contributed by atoms with Crippen LogP contribution in [-0.2, 0) is 36.4 Å². The Hall–Kier alpha value is -7.31. The minimum Gasteiger partial charge on any atom is -0.500 e. The summed E-state index contributed by atoms with van der Waals surface area (Å²) in [4.78, 5) is 19.2. The van der Waals surface area contributed by atoms with E-state index in [1.165, 1.54) is 33.4 Å². The number of imidazole rings is 1. The Bertz CT molecular complexity index is 3980. The molecule has 397 valence electrons. The maximum Gasteiger partial charge on any atom is 0.124 e. The first-order valence-electron chi connectivity index (χ1n) is 28.4. The number of hydrogen-bond donors (Lipinski definition) is 0. The monoisotopic (exact) mass is 1210 g/mol. The van der Waals surface area contributed by atoms with Crippen LogP contribution in [0.25, 0.3) is 94.9 Å². The summed E-state index contributed by atoms with van der Waals surface area (Å²) in [6.07, 6.45) is 3.58. The van der Waals surface area contributed by atoms with Gasteiger partial charge < -0.3 is 8.98 Å². The van der Waals surface area contributed by atoms with Gasteiger partial charge in [-0.1, -0.05) is 181 Å². The Morgan fingerprint density at radius 1 is 0.590 bits per heavy atom. The maximum atomic E-state index is 8.68. The third kappa shape index (κ3) is 11.2. The van der Waals surface area contributed by atoms with Crippen LogP contribution in [-0.4, -0.2) is 24.5 Å². The molecule has 0 aliphatic heterocycles. The van der Waals surface area contributed by atoms with Gasteiger partial charge in [0.25, 0.3) is 0 Å². The average molecular weight is 1210 g/mol. The summed E-state index contributed by atoms with van der Waals surface area (Å²) in [6.45, 7) is 26.3. The van der Waals surface area contributed by atoms with Crippen molar-refractivity contribution in [2.24, 2.45) is 0 Å². The smallest absolute Gasteiger partial charge is 0.124 e. The van der Waals surface area contributed by atoms with Gasteiger partial charge in [0, 0.05) is 70.4 Å². The van der Waals surface area contributed by atoms with E-state index >= 15 is 0 Å². The summed E-state index contributed by atoms with van der Waals surface area (Å²) in [5.74, 6) is 1.68. The van der Waals surface area contributed by atoms with E-state index in [-0.39, 0.29) is 53.7 Å². The van der Waals surface area contributed by atoms with Crippen LogP contribution >= 0.6 is 0 Å². The molecule has 0 saturated carbocycles. The molecule has 0 amide bonds. The van der Waals surface area contributed by atoms with Gasteiger partial charge in [-0.2, -0.15) is 0 Å². The molecule has 4 heterocycles. The SMILES string of the molecule is CC(C)(C)c1ccnc(-c2[c-]cccc2)n1.[2H]C([2H])([2H])c1c[c-]c(-c2nc3ccccc3n2-c2c(C(C)C)cc(-c3ccc(-c4ccccc4)cc3)cc2C(C)C)c2oc3cc(-c4cc(C(C)(C)C)cc(C(C)(C)C)c4)ncc3c12.[Ir]. The van der Waals surface area contributed by atoms with Gasteiger partial charge >= 0.3 is 0 Å². The summed E-state index contributed by atoms with van der Waals surface area (Å²) in [7, 11) is 0. The van der Waals surface area contributed by atoms with E-state index in [1.54, 1.807) is 12.3 Å². The Morgan fingerprint density at radius 2 is 1.21 bits per heavy atom. The van der Waals surface area contributed by atoms with Crippen molar-refractivity contribution in [3.05, 3.63) is 210 Å². The predicted octanol–water partition coefficient (Wildman–Crippen LogP) is 19.2. The van der Waals surface area contributed by atoms with Crippen molar-refractivity contribution in [2.75, 3.05) is 0 Å². The summed E-state index contributed by atoms with van der Waals surface area (Å²) in [5, 5.41) is 1.14. The molecule has 0 aliphatic carbocycles. The van der Waals surface area contributed by atoms with Crippen molar-refractivity contribution in [3.8, 4) is 62.0 Å². The number of aryl methyl sites for hydroxylation is 1. The molecule has 78 heavy (non-hydrogen) atoms. The zero-order valence-corrected chi connectivity index (χ0v) is 49.6. The number of fused-ring (bicyclic) bond motifs is 4. The molecular weight excluding hydrogens is 1130 g/mol. The van der Waals surface area contributed by atoms with E-state index in [2.05, 4.69) is 202 Å². The summed E-state index contributed by atoms with van der Waals surface area (Å²) in [5.41, 5.74) is 17.6. The number of rotatable bonds is 8. The number of furan rings is 1. The van der Waals surface area contributed by atoms with Crippen molar-refractivity contribution >= 4 is 33.0 Å².